The topological polar surface area (TPSA) is 88.9 Å². The molecule has 1 aliphatic heterocycles. The van der Waals surface area contributed by atoms with E-state index in [1.165, 1.54) is 23.1 Å². The molecule has 0 saturated carbocycles. The van der Waals surface area contributed by atoms with Crippen LogP contribution in [0.4, 0.5) is 4.39 Å². The molecular weight excluding hydrogens is 389 g/mol. The van der Waals surface area contributed by atoms with Crippen molar-refractivity contribution in [2.24, 2.45) is 7.05 Å². The lowest BCUT2D eigenvalue weighted by atomic mass is 10.3. The minimum absolute atomic E-state index is 0.0359. The summed E-state index contributed by atoms with van der Waals surface area (Å²) in [5.74, 6) is -1.83. The molecule has 0 spiro atoms. The van der Waals surface area contributed by atoms with Crippen molar-refractivity contribution < 1.29 is 27.1 Å². The summed E-state index contributed by atoms with van der Waals surface area (Å²) in [5.41, 5.74) is 0.327. The molecule has 8 nitrogen and oxygen atoms in total. The number of nitrogens with zero attached hydrogens (tertiary/aromatic N) is 3. The molecule has 1 fully saturated rings. The summed E-state index contributed by atoms with van der Waals surface area (Å²) in [7, 11) is -2.28. The lowest BCUT2D eigenvalue weighted by Gasteiger charge is -2.33. The average molecular weight is 409 g/mol. The van der Waals surface area contributed by atoms with Crippen LogP contribution in [0.1, 0.15) is 10.5 Å². The van der Waals surface area contributed by atoms with Crippen molar-refractivity contribution in [1.29, 1.82) is 0 Å². The molecule has 150 valence electrons. The molecule has 2 heterocycles. The molecule has 28 heavy (non-hydrogen) atoms. The molecule has 0 unspecified atom stereocenters. The predicted octanol–water partition coefficient (Wildman–Crippen LogP) is 0.854. The van der Waals surface area contributed by atoms with Crippen molar-refractivity contribution in [2.45, 2.75) is 4.90 Å². The van der Waals surface area contributed by atoms with Crippen molar-refractivity contribution in [3.63, 3.8) is 0 Å². The standard InChI is InChI=1S/C18H20FN3O5S/c1-20-8-4-6-15(20)18(24)27-13-17(23)21-9-11-22(12-10-21)28(25,26)16-7-3-2-5-14(16)19/h2-8H,9-13H2,1H3. The number of benzene rings is 1. The molecule has 1 aliphatic rings. The van der Waals surface area contributed by atoms with Gasteiger partial charge in [0, 0.05) is 39.4 Å². The van der Waals surface area contributed by atoms with Gasteiger partial charge < -0.3 is 14.2 Å². The summed E-state index contributed by atoms with van der Waals surface area (Å²) in [5, 5.41) is 0. The number of ether oxygens (including phenoxy) is 1. The summed E-state index contributed by atoms with van der Waals surface area (Å²) in [6, 6.07) is 8.45. The van der Waals surface area contributed by atoms with Gasteiger partial charge >= 0.3 is 5.97 Å². The zero-order valence-corrected chi connectivity index (χ0v) is 16.1. The van der Waals surface area contributed by atoms with E-state index >= 15 is 0 Å². The first kappa shape index (κ1) is 20.0. The Labute approximate surface area is 162 Å². The molecule has 1 amide bonds. The van der Waals surface area contributed by atoms with Gasteiger partial charge in [-0.25, -0.2) is 17.6 Å². The zero-order chi connectivity index (χ0) is 20.3. The van der Waals surface area contributed by atoms with Gasteiger partial charge in [0.05, 0.1) is 0 Å². The third kappa shape index (κ3) is 4.07. The minimum Gasteiger partial charge on any atom is -0.451 e. The van der Waals surface area contributed by atoms with Gasteiger partial charge in [0.15, 0.2) is 6.61 Å². The molecule has 1 aromatic heterocycles. The van der Waals surface area contributed by atoms with Crippen LogP contribution in [0.5, 0.6) is 0 Å². The number of carbonyl (C=O) groups is 2. The molecule has 0 aliphatic carbocycles. The van der Waals surface area contributed by atoms with Crippen LogP contribution in [-0.2, 0) is 26.6 Å². The van der Waals surface area contributed by atoms with E-state index in [1.54, 1.807) is 29.9 Å². The predicted molar refractivity (Wildman–Crippen MR) is 97.4 cm³/mol. The van der Waals surface area contributed by atoms with E-state index in [0.29, 0.717) is 5.69 Å². The first-order chi connectivity index (χ1) is 13.3. The van der Waals surface area contributed by atoms with E-state index in [2.05, 4.69) is 0 Å². The van der Waals surface area contributed by atoms with Crippen LogP contribution in [0.15, 0.2) is 47.5 Å². The molecule has 10 heteroatoms. The number of hydrogen-bond acceptors (Lipinski definition) is 5. The fraction of sp³-hybridized carbons (Fsp3) is 0.333. The smallest absolute Gasteiger partial charge is 0.355 e. The molecule has 0 N–H and O–H groups in total. The number of halogens is 1. The average Bonchev–Trinajstić information content (AvgIpc) is 3.12. The van der Waals surface area contributed by atoms with Crippen molar-refractivity contribution in [1.82, 2.24) is 13.8 Å². The van der Waals surface area contributed by atoms with E-state index in [-0.39, 0.29) is 31.1 Å². The number of carbonyl (C=O) groups excluding carboxylic acids is 2. The Morgan fingerprint density at radius 3 is 2.36 bits per heavy atom. The Morgan fingerprint density at radius 1 is 1.07 bits per heavy atom. The number of hydrogen-bond donors (Lipinski definition) is 0. The minimum atomic E-state index is -3.97. The number of amides is 1. The second-order valence-corrected chi connectivity index (χ2v) is 8.20. The normalized spacial score (nSPS) is 15.4. The summed E-state index contributed by atoms with van der Waals surface area (Å²) < 4.78 is 46.7. The van der Waals surface area contributed by atoms with E-state index in [1.807, 2.05) is 0 Å². The Kier molecular flexibility index (Phi) is 5.80. The summed E-state index contributed by atoms with van der Waals surface area (Å²) in [6.45, 7) is -0.0884. The zero-order valence-electron chi connectivity index (χ0n) is 15.2. The third-order valence-corrected chi connectivity index (χ3v) is 6.46. The van der Waals surface area contributed by atoms with Gasteiger partial charge in [-0.1, -0.05) is 12.1 Å². The largest absolute Gasteiger partial charge is 0.451 e. The van der Waals surface area contributed by atoms with Gasteiger partial charge in [-0.05, 0) is 24.3 Å². The van der Waals surface area contributed by atoms with E-state index in [4.69, 9.17) is 4.74 Å². The number of rotatable bonds is 5. The SMILES string of the molecule is Cn1cccc1C(=O)OCC(=O)N1CCN(S(=O)(=O)c2ccccc2F)CC1. The summed E-state index contributed by atoms with van der Waals surface area (Å²) >= 11 is 0. The van der Waals surface area contributed by atoms with E-state index in [9.17, 15) is 22.4 Å². The molecule has 1 saturated heterocycles. The van der Waals surface area contributed by atoms with Crippen LogP contribution in [0.3, 0.4) is 0 Å². The quantitative estimate of drug-likeness (QED) is 0.684. The third-order valence-electron chi connectivity index (χ3n) is 4.53. The number of sulfonamides is 1. The molecule has 1 aromatic carbocycles. The summed E-state index contributed by atoms with van der Waals surface area (Å²) in [6.07, 6.45) is 1.69. The van der Waals surface area contributed by atoms with Gasteiger partial charge in [0.1, 0.15) is 16.4 Å². The highest BCUT2D eigenvalue weighted by Crippen LogP contribution is 2.20. The van der Waals surface area contributed by atoms with Crippen LogP contribution in [0.25, 0.3) is 0 Å². The van der Waals surface area contributed by atoms with Gasteiger partial charge in [0.25, 0.3) is 5.91 Å². The van der Waals surface area contributed by atoms with Crippen LogP contribution >= 0.6 is 0 Å². The van der Waals surface area contributed by atoms with Crippen molar-refractivity contribution in [3.8, 4) is 0 Å². The van der Waals surface area contributed by atoms with Crippen LogP contribution < -0.4 is 0 Å². The molecule has 2 aromatic rings. The second-order valence-electron chi connectivity index (χ2n) is 6.30. The van der Waals surface area contributed by atoms with Crippen molar-refractivity contribution >= 4 is 21.9 Å². The van der Waals surface area contributed by atoms with Gasteiger partial charge in [-0.3, -0.25) is 4.79 Å². The van der Waals surface area contributed by atoms with Crippen LogP contribution in [0, 0.1) is 5.82 Å². The van der Waals surface area contributed by atoms with Gasteiger partial charge in [-0.2, -0.15) is 4.31 Å². The first-order valence-corrected chi connectivity index (χ1v) is 10.1. The fourth-order valence-electron chi connectivity index (χ4n) is 2.94. The molecular formula is C18H20FN3O5S. The maximum atomic E-state index is 13.8. The van der Waals surface area contributed by atoms with E-state index in [0.717, 1.165) is 10.4 Å². The summed E-state index contributed by atoms with van der Waals surface area (Å²) in [4.78, 5) is 25.2. The van der Waals surface area contributed by atoms with Crippen LogP contribution in [0.2, 0.25) is 0 Å². The van der Waals surface area contributed by atoms with Crippen molar-refractivity contribution in [3.05, 3.63) is 54.1 Å². The maximum absolute atomic E-state index is 13.8. The highest BCUT2D eigenvalue weighted by Gasteiger charge is 2.32. The highest BCUT2D eigenvalue weighted by atomic mass is 32.2. The molecule has 0 bridgehead atoms. The van der Waals surface area contributed by atoms with Gasteiger partial charge in [0.2, 0.25) is 10.0 Å². The van der Waals surface area contributed by atoms with E-state index < -0.39 is 34.3 Å². The maximum Gasteiger partial charge on any atom is 0.355 e. The number of aryl methyl sites for hydroxylation is 1. The Hall–Kier alpha value is -2.72. The molecule has 0 radical (unpaired) electrons. The van der Waals surface area contributed by atoms with Crippen molar-refractivity contribution in [2.75, 3.05) is 32.8 Å². The number of piperazine rings is 1. The number of aromatic nitrogens is 1. The number of esters is 1. The highest BCUT2D eigenvalue weighted by molar-refractivity contribution is 7.89. The van der Waals surface area contributed by atoms with Crippen LogP contribution in [-0.4, -0.2) is 66.9 Å². The fourth-order valence-corrected chi connectivity index (χ4v) is 4.42. The lowest BCUT2D eigenvalue weighted by Crippen LogP contribution is -2.51. The first-order valence-electron chi connectivity index (χ1n) is 8.61. The Balaban J connectivity index is 1.55. The Morgan fingerprint density at radius 2 is 1.75 bits per heavy atom. The molecule has 0 atom stereocenters. The lowest BCUT2D eigenvalue weighted by molar-refractivity contribution is -0.135. The Bertz CT molecular complexity index is 981. The molecule has 3 rings (SSSR count). The monoisotopic (exact) mass is 409 g/mol. The second kappa shape index (κ2) is 8.11. The van der Waals surface area contributed by atoms with Gasteiger partial charge in [-0.15, -0.1) is 0 Å².